The second kappa shape index (κ2) is 18.1. The topological polar surface area (TPSA) is 136 Å². The number of rotatable bonds is 18. The summed E-state index contributed by atoms with van der Waals surface area (Å²) >= 11 is 0. The Bertz CT molecular complexity index is 1410. The van der Waals surface area contributed by atoms with Gasteiger partial charge in [-0.05, 0) is 83.4 Å². The lowest BCUT2D eigenvalue weighted by Crippen LogP contribution is -2.48. The minimum atomic E-state index is -0.723. The first-order valence-electron chi connectivity index (χ1n) is 16.1. The van der Waals surface area contributed by atoms with Crippen molar-refractivity contribution in [3.63, 3.8) is 0 Å². The third-order valence-electron chi connectivity index (χ3n) is 7.64. The van der Waals surface area contributed by atoms with Crippen molar-refractivity contribution in [3.8, 4) is 0 Å². The van der Waals surface area contributed by atoms with Gasteiger partial charge in [0, 0.05) is 30.1 Å². The lowest BCUT2D eigenvalue weighted by molar-refractivity contribution is -0.148. The maximum atomic E-state index is 14.0. The minimum absolute atomic E-state index is 0.0613. The number of methoxy groups -OCH3 is 1. The average Bonchev–Trinajstić information content (AvgIpc) is 3.43. The predicted octanol–water partition coefficient (Wildman–Crippen LogP) is 5.68. The van der Waals surface area contributed by atoms with Crippen LogP contribution in [0, 0.1) is 5.92 Å². The van der Waals surface area contributed by atoms with Crippen molar-refractivity contribution < 1.29 is 33.4 Å². The van der Waals surface area contributed by atoms with E-state index < -0.39 is 41.6 Å². The number of hydrogen-bond acceptors (Lipinski definition) is 8. The molecule has 0 spiro atoms. The van der Waals surface area contributed by atoms with E-state index in [0.29, 0.717) is 45.1 Å². The molecule has 3 aromatic rings. The van der Waals surface area contributed by atoms with Gasteiger partial charge >= 0.3 is 18.0 Å². The van der Waals surface area contributed by atoms with Crippen molar-refractivity contribution >= 4 is 34.7 Å². The fourth-order valence-electron chi connectivity index (χ4n) is 5.38. The van der Waals surface area contributed by atoms with E-state index in [1.54, 1.807) is 27.7 Å². The Labute approximate surface area is 271 Å². The Balaban J connectivity index is 1.75. The average molecular weight is 636 g/mol. The van der Waals surface area contributed by atoms with Crippen molar-refractivity contribution in [3.05, 3.63) is 71.9 Å². The van der Waals surface area contributed by atoms with E-state index in [0.717, 1.165) is 22.0 Å². The first-order valence-corrected chi connectivity index (χ1v) is 16.1. The van der Waals surface area contributed by atoms with Crippen molar-refractivity contribution in [1.82, 2.24) is 15.6 Å². The van der Waals surface area contributed by atoms with E-state index in [9.17, 15) is 19.2 Å². The molecule has 0 saturated carbocycles. The summed E-state index contributed by atoms with van der Waals surface area (Å²) in [6.07, 6.45) is 4.24. The number of aromatic nitrogens is 1. The molecule has 250 valence electrons. The van der Waals surface area contributed by atoms with Gasteiger partial charge in [-0.2, -0.15) is 0 Å². The van der Waals surface area contributed by atoms with Crippen molar-refractivity contribution in [2.75, 3.05) is 20.3 Å². The quantitative estimate of drug-likeness (QED) is 0.0924. The minimum Gasteiger partial charge on any atom is -0.469 e. The number of nitrogens with one attached hydrogen (secondary N) is 3. The van der Waals surface area contributed by atoms with Gasteiger partial charge in [0.15, 0.2) is 5.78 Å². The second-order valence-electron chi connectivity index (χ2n) is 12.4. The first-order chi connectivity index (χ1) is 22.0. The molecule has 3 rings (SSSR count). The SMILES string of the molecule is CCOC(=O)C(CCc1ccccc1)N[C@@H](CCCCNC(=O)OC(C)(C)C)C(=O)C[C@@H](Cc1c[nH]c2ccccc12)C(=O)OC. The van der Waals surface area contributed by atoms with Crippen LogP contribution in [0.1, 0.15) is 70.9 Å². The van der Waals surface area contributed by atoms with Crippen LogP contribution in [0.5, 0.6) is 0 Å². The summed E-state index contributed by atoms with van der Waals surface area (Å²) in [5.74, 6) is -1.79. The number of alkyl carbamates (subject to hydrolysis) is 1. The molecule has 0 radical (unpaired) electrons. The van der Waals surface area contributed by atoms with Crippen LogP contribution in [0.15, 0.2) is 60.8 Å². The zero-order chi connectivity index (χ0) is 33.5. The van der Waals surface area contributed by atoms with Gasteiger partial charge < -0.3 is 24.5 Å². The fourth-order valence-corrected chi connectivity index (χ4v) is 5.38. The van der Waals surface area contributed by atoms with Crippen LogP contribution in [-0.2, 0) is 41.4 Å². The molecule has 0 fully saturated rings. The summed E-state index contributed by atoms with van der Waals surface area (Å²) in [6.45, 7) is 7.73. The van der Waals surface area contributed by atoms with E-state index in [1.807, 2.05) is 60.8 Å². The summed E-state index contributed by atoms with van der Waals surface area (Å²) in [5, 5.41) is 7.03. The standard InChI is InChI=1S/C36H49N3O7/c1-6-45-34(42)31(20-19-25-14-8-7-9-15-25)39-30(18-12-13-21-37-35(43)46-36(2,3)4)32(40)23-26(33(41)44-5)22-27-24-38-29-17-11-10-16-28(27)29/h7-11,14-17,24,26,30-31,38-39H,6,12-13,18-23H2,1-5H3,(H,37,43)/t26-,30+,31?/m1/s1. The third-order valence-corrected chi connectivity index (χ3v) is 7.64. The number of unbranched alkanes of at least 4 members (excludes halogenated alkanes) is 1. The summed E-state index contributed by atoms with van der Waals surface area (Å²) in [6, 6.07) is 16.2. The number of benzene rings is 2. The smallest absolute Gasteiger partial charge is 0.407 e. The Morgan fingerprint density at radius 2 is 1.61 bits per heavy atom. The number of carbonyl (C=O) groups is 4. The number of H-pyrrole nitrogens is 1. The number of fused-ring (bicyclic) bond motifs is 1. The number of aromatic amines is 1. The van der Waals surface area contributed by atoms with Crippen LogP contribution in [0.2, 0.25) is 0 Å². The molecule has 1 heterocycles. The zero-order valence-corrected chi connectivity index (χ0v) is 27.7. The number of para-hydroxylation sites is 1. The normalized spacial score (nSPS) is 13.4. The van der Waals surface area contributed by atoms with E-state index in [2.05, 4.69) is 15.6 Å². The van der Waals surface area contributed by atoms with Gasteiger partial charge in [-0.1, -0.05) is 48.5 Å². The molecule has 2 aromatic carbocycles. The van der Waals surface area contributed by atoms with Crippen LogP contribution >= 0.6 is 0 Å². The molecule has 1 unspecified atom stereocenters. The number of ether oxygens (including phenoxy) is 3. The number of ketones is 1. The monoisotopic (exact) mass is 635 g/mol. The van der Waals surface area contributed by atoms with E-state index >= 15 is 0 Å². The summed E-state index contributed by atoms with van der Waals surface area (Å²) in [5.41, 5.74) is 2.33. The van der Waals surface area contributed by atoms with Gasteiger partial charge in [-0.15, -0.1) is 0 Å². The van der Waals surface area contributed by atoms with Gasteiger partial charge in [0.2, 0.25) is 0 Å². The van der Waals surface area contributed by atoms with Crippen LogP contribution in [0.25, 0.3) is 10.9 Å². The van der Waals surface area contributed by atoms with E-state index in [-0.39, 0.29) is 18.8 Å². The van der Waals surface area contributed by atoms with Crippen LogP contribution in [0.4, 0.5) is 4.79 Å². The number of hydrogen-bond donors (Lipinski definition) is 3. The fraction of sp³-hybridized carbons (Fsp3) is 0.500. The second-order valence-corrected chi connectivity index (χ2v) is 12.4. The molecule has 3 N–H and O–H groups in total. The van der Waals surface area contributed by atoms with Gasteiger partial charge in [-0.25, -0.2) is 4.79 Å². The van der Waals surface area contributed by atoms with Crippen LogP contribution < -0.4 is 10.6 Å². The highest BCUT2D eigenvalue weighted by atomic mass is 16.6. The zero-order valence-electron chi connectivity index (χ0n) is 27.7. The number of Topliss-reactive ketones (excluding diaryl/α,β-unsaturated/α-hetero) is 1. The van der Waals surface area contributed by atoms with E-state index in [4.69, 9.17) is 14.2 Å². The molecule has 0 aliphatic carbocycles. The Kier molecular flexibility index (Phi) is 14.3. The molecule has 46 heavy (non-hydrogen) atoms. The number of amides is 1. The summed E-state index contributed by atoms with van der Waals surface area (Å²) in [4.78, 5) is 55.3. The van der Waals surface area contributed by atoms with Gasteiger partial charge in [0.25, 0.3) is 0 Å². The van der Waals surface area contributed by atoms with Crippen LogP contribution in [-0.4, -0.2) is 66.7 Å². The molecular formula is C36H49N3O7. The van der Waals surface area contributed by atoms with Crippen molar-refractivity contribution in [2.45, 2.75) is 90.3 Å². The van der Waals surface area contributed by atoms with Crippen molar-refractivity contribution in [1.29, 1.82) is 0 Å². The number of aryl methyl sites for hydroxylation is 1. The predicted molar refractivity (Wildman–Crippen MR) is 177 cm³/mol. The molecule has 1 amide bonds. The van der Waals surface area contributed by atoms with Crippen LogP contribution in [0.3, 0.4) is 0 Å². The highest BCUT2D eigenvalue weighted by molar-refractivity contribution is 5.90. The molecule has 0 bridgehead atoms. The Morgan fingerprint density at radius 3 is 2.30 bits per heavy atom. The first kappa shape index (κ1) is 36.3. The number of carbonyl (C=O) groups excluding carboxylic acids is 4. The highest BCUT2D eigenvalue weighted by Crippen LogP contribution is 2.24. The molecular weight excluding hydrogens is 586 g/mol. The van der Waals surface area contributed by atoms with Crippen molar-refractivity contribution in [2.24, 2.45) is 5.92 Å². The molecule has 0 aliphatic rings. The summed E-state index contributed by atoms with van der Waals surface area (Å²) in [7, 11) is 1.32. The third kappa shape index (κ3) is 12.0. The summed E-state index contributed by atoms with van der Waals surface area (Å²) < 4.78 is 15.8. The molecule has 1 aromatic heterocycles. The maximum Gasteiger partial charge on any atom is 0.407 e. The maximum absolute atomic E-state index is 14.0. The Morgan fingerprint density at radius 1 is 0.891 bits per heavy atom. The largest absolute Gasteiger partial charge is 0.469 e. The molecule has 0 aliphatic heterocycles. The molecule has 10 heteroatoms. The van der Waals surface area contributed by atoms with Gasteiger partial charge in [-0.3, -0.25) is 19.7 Å². The molecule has 10 nitrogen and oxygen atoms in total. The number of esters is 2. The highest BCUT2D eigenvalue weighted by Gasteiger charge is 2.31. The van der Waals surface area contributed by atoms with E-state index in [1.165, 1.54) is 7.11 Å². The molecule has 0 saturated heterocycles. The lowest BCUT2D eigenvalue weighted by atomic mass is 9.90. The lowest BCUT2D eigenvalue weighted by Gasteiger charge is -2.25. The van der Waals surface area contributed by atoms with Gasteiger partial charge in [0.05, 0.1) is 25.7 Å². The Hall–Kier alpha value is -4.18. The van der Waals surface area contributed by atoms with Gasteiger partial charge in [0.1, 0.15) is 11.6 Å². The molecule has 3 atom stereocenters.